The van der Waals surface area contributed by atoms with Crippen molar-refractivity contribution in [2.75, 3.05) is 19.6 Å². The summed E-state index contributed by atoms with van der Waals surface area (Å²) in [5.74, 6) is -0.924. The van der Waals surface area contributed by atoms with Crippen molar-refractivity contribution in [3.63, 3.8) is 0 Å². The fourth-order valence-corrected chi connectivity index (χ4v) is 5.13. The van der Waals surface area contributed by atoms with E-state index >= 15 is 0 Å². The van der Waals surface area contributed by atoms with Gasteiger partial charge in [0, 0.05) is 19.6 Å². The molecule has 1 fully saturated rings. The Balaban J connectivity index is 1.64. The Morgan fingerprint density at radius 2 is 1.81 bits per heavy atom. The summed E-state index contributed by atoms with van der Waals surface area (Å²) in [6.07, 6.45) is 6.05. The zero-order valence-corrected chi connectivity index (χ0v) is 21.8. The summed E-state index contributed by atoms with van der Waals surface area (Å²) in [6.45, 7) is 10.7. The van der Waals surface area contributed by atoms with Crippen LogP contribution in [0.3, 0.4) is 0 Å². The van der Waals surface area contributed by atoms with Crippen LogP contribution < -0.4 is 0 Å². The highest BCUT2D eigenvalue weighted by Crippen LogP contribution is 2.23. The van der Waals surface area contributed by atoms with Gasteiger partial charge in [-0.15, -0.1) is 0 Å². The second-order valence-electron chi connectivity index (χ2n) is 10.4. The molecule has 1 saturated heterocycles. The second kappa shape index (κ2) is 12.0. The summed E-state index contributed by atoms with van der Waals surface area (Å²) in [7, 11) is 0. The van der Waals surface area contributed by atoms with Crippen molar-refractivity contribution in [3.8, 4) is 0 Å². The lowest BCUT2D eigenvalue weighted by Gasteiger charge is -2.25. The molecule has 7 heteroatoms. The van der Waals surface area contributed by atoms with Gasteiger partial charge in [0.1, 0.15) is 17.5 Å². The Morgan fingerprint density at radius 1 is 1.06 bits per heavy atom. The molecule has 0 N–H and O–H groups in total. The molecular weight excluding hydrogens is 458 g/mol. The van der Waals surface area contributed by atoms with E-state index in [4.69, 9.17) is 4.98 Å². The molecule has 1 aliphatic heterocycles. The van der Waals surface area contributed by atoms with E-state index in [1.54, 1.807) is 4.90 Å². The van der Waals surface area contributed by atoms with Crippen molar-refractivity contribution in [2.45, 2.75) is 72.5 Å². The van der Waals surface area contributed by atoms with Gasteiger partial charge in [0.25, 0.3) is 5.91 Å². The Hall–Kier alpha value is -2.80. The maximum absolute atomic E-state index is 14.4. The molecule has 0 unspecified atom stereocenters. The molecule has 0 saturated carbocycles. The van der Waals surface area contributed by atoms with Gasteiger partial charge in [-0.2, -0.15) is 0 Å². The highest BCUT2D eigenvalue weighted by Gasteiger charge is 2.24. The Labute approximate surface area is 213 Å². The summed E-state index contributed by atoms with van der Waals surface area (Å²) in [5.41, 5.74) is 2.96. The van der Waals surface area contributed by atoms with E-state index in [1.165, 1.54) is 31.2 Å². The molecule has 0 aliphatic carbocycles. The number of fused-ring (bicyclic) bond motifs is 1. The number of amides is 1. The van der Waals surface area contributed by atoms with Crippen molar-refractivity contribution in [1.29, 1.82) is 0 Å². The maximum atomic E-state index is 14.4. The van der Waals surface area contributed by atoms with E-state index in [0.717, 1.165) is 67.7 Å². The van der Waals surface area contributed by atoms with E-state index in [9.17, 15) is 13.6 Å². The first-order valence-corrected chi connectivity index (χ1v) is 13.3. The zero-order chi connectivity index (χ0) is 25.7. The number of likely N-dealkylation sites (tertiary alicyclic amines) is 1. The fourth-order valence-electron chi connectivity index (χ4n) is 5.13. The van der Waals surface area contributed by atoms with E-state index in [1.807, 2.05) is 13.8 Å². The van der Waals surface area contributed by atoms with Crippen LogP contribution in [0.2, 0.25) is 0 Å². The number of halogens is 2. The minimum atomic E-state index is -0.713. The lowest BCUT2D eigenvalue weighted by molar-refractivity contribution is 0.0711. The first-order valence-electron chi connectivity index (χ1n) is 13.3. The summed E-state index contributed by atoms with van der Waals surface area (Å²) in [6, 6.07) is 9.50. The summed E-state index contributed by atoms with van der Waals surface area (Å²) in [5, 5.41) is 0. The Bertz CT molecular complexity index is 1180. The minimum absolute atomic E-state index is 0.162. The molecule has 5 nitrogen and oxygen atoms in total. The van der Waals surface area contributed by atoms with Crippen molar-refractivity contribution in [1.82, 2.24) is 19.4 Å². The number of hydrogen-bond acceptors (Lipinski definition) is 3. The number of aromatic nitrogens is 2. The molecule has 1 amide bonds. The smallest absolute Gasteiger partial charge is 0.257 e. The molecule has 194 valence electrons. The van der Waals surface area contributed by atoms with Crippen LogP contribution in [0.1, 0.15) is 74.6 Å². The number of carbonyl (C=O) groups excluding carboxylic acids is 1. The van der Waals surface area contributed by atoms with E-state index in [0.29, 0.717) is 6.54 Å². The number of benzene rings is 2. The van der Waals surface area contributed by atoms with Crippen LogP contribution in [0, 0.1) is 17.6 Å². The predicted octanol–water partition coefficient (Wildman–Crippen LogP) is 6.40. The van der Waals surface area contributed by atoms with Crippen molar-refractivity contribution >= 4 is 16.9 Å². The normalized spacial score (nSPS) is 14.9. The van der Waals surface area contributed by atoms with Gasteiger partial charge in [-0.3, -0.25) is 9.69 Å². The zero-order valence-electron chi connectivity index (χ0n) is 21.8. The largest absolute Gasteiger partial charge is 0.331 e. The number of hydrogen-bond donors (Lipinski definition) is 0. The van der Waals surface area contributed by atoms with Crippen LogP contribution in [-0.4, -0.2) is 44.9 Å². The monoisotopic (exact) mass is 496 g/mol. The van der Waals surface area contributed by atoms with Gasteiger partial charge in [0.15, 0.2) is 0 Å². The van der Waals surface area contributed by atoms with Crippen LogP contribution >= 0.6 is 0 Å². The lowest BCUT2D eigenvalue weighted by atomic mass is 10.1. The van der Waals surface area contributed by atoms with Crippen molar-refractivity contribution in [3.05, 3.63) is 65.0 Å². The van der Waals surface area contributed by atoms with E-state index < -0.39 is 17.5 Å². The number of imidazole rings is 1. The molecule has 1 aliphatic rings. The predicted molar refractivity (Wildman–Crippen MR) is 140 cm³/mol. The van der Waals surface area contributed by atoms with Gasteiger partial charge in [0.05, 0.1) is 23.1 Å². The standard InChI is InChI=1S/C29H38F2N4O/c1-4-13-35-27-12-9-22(19-33-14-7-5-6-8-15-33)16-26(27)32-28(35)20-34(18-21(2)3)29(36)24-17-23(30)10-11-25(24)31/h9-12,16-17,21H,4-8,13-15,18-20H2,1-3H3. The van der Waals surface area contributed by atoms with Gasteiger partial charge >= 0.3 is 0 Å². The Morgan fingerprint density at radius 3 is 2.50 bits per heavy atom. The maximum Gasteiger partial charge on any atom is 0.257 e. The average molecular weight is 497 g/mol. The van der Waals surface area contributed by atoms with Crippen molar-refractivity contribution < 1.29 is 13.6 Å². The molecule has 0 spiro atoms. The molecule has 4 rings (SSSR count). The van der Waals surface area contributed by atoms with E-state index in [2.05, 4.69) is 34.6 Å². The number of carbonyl (C=O) groups is 1. The summed E-state index contributed by atoms with van der Waals surface area (Å²) < 4.78 is 30.4. The van der Waals surface area contributed by atoms with Crippen molar-refractivity contribution in [2.24, 2.45) is 5.92 Å². The average Bonchev–Trinajstić information content (AvgIpc) is 2.99. The highest BCUT2D eigenvalue weighted by atomic mass is 19.1. The lowest BCUT2D eigenvalue weighted by Crippen LogP contribution is -2.35. The number of aryl methyl sites for hydroxylation is 1. The van der Waals surface area contributed by atoms with E-state index in [-0.39, 0.29) is 18.0 Å². The summed E-state index contributed by atoms with van der Waals surface area (Å²) in [4.78, 5) is 22.4. The van der Waals surface area contributed by atoms with Gasteiger partial charge in [-0.25, -0.2) is 13.8 Å². The molecular formula is C29H38F2N4O. The molecule has 0 bridgehead atoms. The highest BCUT2D eigenvalue weighted by molar-refractivity contribution is 5.94. The van der Waals surface area contributed by atoms with Crippen LogP contribution in [0.15, 0.2) is 36.4 Å². The van der Waals surface area contributed by atoms with Crippen LogP contribution in [0.25, 0.3) is 11.0 Å². The molecule has 2 aromatic carbocycles. The van der Waals surface area contributed by atoms with Gasteiger partial charge in [-0.1, -0.05) is 39.7 Å². The first-order chi connectivity index (χ1) is 17.4. The van der Waals surface area contributed by atoms with Gasteiger partial charge in [-0.05, 0) is 74.2 Å². The van der Waals surface area contributed by atoms with Gasteiger partial charge in [0.2, 0.25) is 0 Å². The third-order valence-electron chi connectivity index (χ3n) is 6.81. The SMILES string of the molecule is CCCn1c(CN(CC(C)C)C(=O)c2cc(F)ccc2F)nc2cc(CN3CCCCCC3)ccc21. The van der Waals surface area contributed by atoms with Crippen LogP contribution in [0.5, 0.6) is 0 Å². The molecule has 1 aromatic heterocycles. The summed E-state index contributed by atoms with van der Waals surface area (Å²) >= 11 is 0. The minimum Gasteiger partial charge on any atom is -0.331 e. The molecule has 0 atom stereocenters. The molecule has 36 heavy (non-hydrogen) atoms. The van der Waals surface area contributed by atoms with Gasteiger partial charge < -0.3 is 9.47 Å². The third-order valence-corrected chi connectivity index (χ3v) is 6.81. The molecule has 0 radical (unpaired) electrons. The van der Waals surface area contributed by atoms with Crippen LogP contribution in [-0.2, 0) is 19.6 Å². The second-order valence-corrected chi connectivity index (χ2v) is 10.4. The molecule has 3 aromatic rings. The quantitative estimate of drug-likeness (QED) is 0.344. The first kappa shape index (κ1) is 26.3. The molecule has 2 heterocycles. The third kappa shape index (κ3) is 6.30. The van der Waals surface area contributed by atoms with Crippen LogP contribution in [0.4, 0.5) is 8.78 Å². The number of nitrogens with zero attached hydrogens (tertiary/aromatic N) is 4. The topological polar surface area (TPSA) is 41.4 Å². The number of rotatable bonds is 9. The fraction of sp³-hybridized carbons (Fsp3) is 0.517. The Kier molecular flexibility index (Phi) is 8.72.